The molecule has 5 heterocycles. The number of imidazole rings is 1. The summed E-state index contributed by atoms with van der Waals surface area (Å²) in [6.07, 6.45) is -0.971. The maximum Gasteiger partial charge on any atom is 0.469 e. The number of fused-ring (bicyclic) bond motifs is 2. The highest BCUT2D eigenvalue weighted by molar-refractivity contribution is 8.00. The first-order valence-corrected chi connectivity index (χ1v) is 14.5. The zero-order valence-electron chi connectivity index (χ0n) is 19.9. The smallest absolute Gasteiger partial charge is 0.387 e. The van der Waals surface area contributed by atoms with Crippen LogP contribution >= 0.6 is 19.6 Å². The zero-order valence-corrected chi connectivity index (χ0v) is 21.6. The molecule has 8 N–H and O–H groups in total. The Balaban J connectivity index is 1.35. The Labute approximate surface area is 219 Å². The number of anilines is 1. The molecule has 0 radical (unpaired) electrons. The average Bonchev–Trinajstić information content (AvgIpc) is 3.60. The molecule has 2 amide bonds. The second-order valence-corrected chi connectivity index (χ2v) is 11.9. The summed E-state index contributed by atoms with van der Waals surface area (Å²) in [5.41, 5.74) is 3.86. The molecule has 3 aliphatic heterocycles. The lowest BCUT2D eigenvalue weighted by atomic mass is 9.94. The summed E-state index contributed by atoms with van der Waals surface area (Å²) < 4.78 is 22.7. The monoisotopic (exact) mass is 573 g/mol. The fourth-order valence-electron chi connectivity index (χ4n) is 5.22. The van der Waals surface area contributed by atoms with Crippen LogP contribution in [0, 0.1) is 0 Å². The first-order chi connectivity index (χ1) is 18.0. The van der Waals surface area contributed by atoms with Gasteiger partial charge in [-0.05, 0) is 12.8 Å². The Morgan fingerprint density at radius 1 is 1.29 bits per heavy atom. The van der Waals surface area contributed by atoms with Crippen LogP contribution in [0.25, 0.3) is 11.2 Å². The van der Waals surface area contributed by atoms with Crippen LogP contribution in [0.4, 0.5) is 10.6 Å². The van der Waals surface area contributed by atoms with Crippen molar-refractivity contribution in [2.45, 2.75) is 67.1 Å². The fourth-order valence-corrected chi connectivity index (χ4v) is 7.11. The normalized spacial score (nSPS) is 32.9. The third-order valence-corrected chi connectivity index (χ3v) is 9.04. The van der Waals surface area contributed by atoms with Crippen molar-refractivity contribution >= 4 is 48.4 Å². The predicted molar refractivity (Wildman–Crippen MR) is 132 cm³/mol. The molecule has 18 heteroatoms. The molecule has 3 aliphatic rings. The number of Topliss-reactive ketones (excluding diaryl/α,β-unsaturated/α-hetero) is 1. The molecule has 3 fully saturated rings. The number of carbonyl (C=O) groups excluding carboxylic acids is 2. The van der Waals surface area contributed by atoms with Gasteiger partial charge in [-0.1, -0.05) is 6.42 Å². The van der Waals surface area contributed by atoms with E-state index >= 15 is 0 Å². The van der Waals surface area contributed by atoms with Gasteiger partial charge in [-0.2, -0.15) is 11.8 Å². The lowest BCUT2D eigenvalue weighted by Gasteiger charge is -2.32. The molecule has 0 spiro atoms. The Hall–Kier alpha value is -2.37. The second-order valence-electron chi connectivity index (χ2n) is 9.41. The lowest BCUT2D eigenvalue weighted by molar-refractivity contribution is -0.173. The van der Waals surface area contributed by atoms with E-state index in [1.807, 2.05) is 0 Å². The zero-order chi connectivity index (χ0) is 27.2. The molecule has 0 aliphatic carbocycles. The van der Waals surface area contributed by atoms with Gasteiger partial charge in [0, 0.05) is 17.4 Å². The first-order valence-electron chi connectivity index (χ1n) is 11.9. The fraction of sp³-hybridized carbons (Fsp3) is 0.650. The van der Waals surface area contributed by atoms with Crippen molar-refractivity contribution in [2.75, 3.05) is 18.1 Å². The number of unbranched alkanes of at least 4 members (excludes halogenated alkanes) is 1. The number of urea groups is 1. The third-order valence-electron chi connectivity index (χ3n) is 7.04. The first kappa shape index (κ1) is 27.2. The van der Waals surface area contributed by atoms with Crippen LogP contribution in [-0.4, -0.2) is 99.3 Å². The molecule has 16 nitrogen and oxygen atoms in total. The van der Waals surface area contributed by atoms with Gasteiger partial charge in [0.25, 0.3) is 0 Å². The molecule has 0 saturated carbocycles. The number of phosphoric acid groups is 1. The Kier molecular flexibility index (Phi) is 7.38. The number of aliphatic hydroxyl groups excluding tert-OH is 2. The standard InChI is InChI=1S/C20H28N7O9PS/c21-17-14-18(23-7-22-17)27(8-24-14)20(16(30)15(29)10(36-20)5-35-37(32,33)34)12(28)4-2-1-3-11-13-9(6-38-11)25-19(31)26-13/h7-11,13,15-16,29-30H,1-6H2,(H2,21,22,23)(H2,25,26,31)(H2,32,33,34)/t9-,10+,11-,13-,15+,16+,20+/m0/s1. The highest BCUT2D eigenvalue weighted by Gasteiger charge is 2.60. The number of nitrogens with one attached hydrogen (secondary N) is 2. The van der Waals surface area contributed by atoms with E-state index in [1.165, 1.54) is 6.33 Å². The number of aromatic nitrogens is 4. The van der Waals surface area contributed by atoms with Gasteiger partial charge in [-0.3, -0.25) is 13.9 Å². The largest absolute Gasteiger partial charge is 0.469 e. The minimum atomic E-state index is -4.93. The quantitative estimate of drug-likeness (QED) is 0.0980. The van der Waals surface area contributed by atoms with E-state index in [1.54, 1.807) is 11.8 Å². The van der Waals surface area contributed by atoms with Gasteiger partial charge >= 0.3 is 13.9 Å². The lowest BCUT2D eigenvalue weighted by Crippen LogP contribution is -2.51. The van der Waals surface area contributed by atoms with Gasteiger partial charge in [0.15, 0.2) is 17.2 Å². The molecule has 0 aromatic carbocycles. The Bertz CT molecular complexity index is 1280. The average molecular weight is 574 g/mol. The molecular formula is C20H28N7O9PS. The minimum Gasteiger partial charge on any atom is -0.387 e. The van der Waals surface area contributed by atoms with Crippen LogP contribution in [0.2, 0.25) is 0 Å². The van der Waals surface area contributed by atoms with Crippen molar-refractivity contribution in [1.29, 1.82) is 0 Å². The van der Waals surface area contributed by atoms with E-state index in [0.29, 0.717) is 12.8 Å². The Morgan fingerprint density at radius 2 is 2.08 bits per heavy atom. The van der Waals surface area contributed by atoms with E-state index in [4.69, 9.17) is 20.3 Å². The highest BCUT2D eigenvalue weighted by atomic mass is 32.2. The van der Waals surface area contributed by atoms with Crippen molar-refractivity contribution in [3.05, 3.63) is 12.7 Å². The number of aliphatic hydroxyl groups is 2. The number of nitrogens with two attached hydrogens (primary N) is 1. The molecule has 7 atom stereocenters. The summed E-state index contributed by atoms with van der Waals surface area (Å²) >= 11 is 1.75. The van der Waals surface area contributed by atoms with Gasteiger partial charge in [-0.15, -0.1) is 0 Å². The maximum atomic E-state index is 13.7. The molecule has 5 rings (SSSR count). The molecule has 0 bridgehead atoms. The molecule has 3 saturated heterocycles. The van der Waals surface area contributed by atoms with Crippen molar-refractivity contribution < 1.29 is 43.4 Å². The van der Waals surface area contributed by atoms with Gasteiger partial charge in [0.2, 0.25) is 5.72 Å². The van der Waals surface area contributed by atoms with Crippen molar-refractivity contribution in [3.63, 3.8) is 0 Å². The second kappa shape index (κ2) is 10.3. The number of amides is 2. The number of nitrogens with zero attached hydrogens (tertiary/aromatic N) is 4. The van der Waals surface area contributed by atoms with Crippen molar-refractivity contribution in [1.82, 2.24) is 30.2 Å². The van der Waals surface area contributed by atoms with Crippen LogP contribution in [-0.2, 0) is 24.3 Å². The van der Waals surface area contributed by atoms with Gasteiger partial charge in [-0.25, -0.2) is 24.3 Å². The van der Waals surface area contributed by atoms with Gasteiger partial charge < -0.3 is 41.1 Å². The summed E-state index contributed by atoms with van der Waals surface area (Å²) in [5, 5.41) is 27.8. The molecule has 2 aromatic heterocycles. The number of rotatable bonds is 10. The van der Waals surface area contributed by atoms with Crippen LogP contribution < -0.4 is 16.4 Å². The van der Waals surface area contributed by atoms with Crippen LogP contribution in [0.3, 0.4) is 0 Å². The van der Waals surface area contributed by atoms with Crippen molar-refractivity contribution in [2.24, 2.45) is 0 Å². The summed E-state index contributed by atoms with van der Waals surface area (Å²) in [6, 6.07) is -0.0632. The van der Waals surface area contributed by atoms with E-state index < -0.39 is 44.2 Å². The molecule has 38 heavy (non-hydrogen) atoms. The van der Waals surface area contributed by atoms with Crippen LogP contribution in [0.15, 0.2) is 12.7 Å². The van der Waals surface area contributed by atoms with E-state index in [2.05, 4.69) is 30.1 Å². The number of phosphoric ester groups is 1. The molecule has 0 unspecified atom stereocenters. The minimum absolute atomic E-state index is 0.0200. The van der Waals surface area contributed by atoms with Gasteiger partial charge in [0.05, 0.1) is 18.7 Å². The van der Waals surface area contributed by atoms with E-state index in [0.717, 1.165) is 23.1 Å². The van der Waals surface area contributed by atoms with Crippen LogP contribution in [0.5, 0.6) is 0 Å². The number of hydrogen-bond acceptors (Lipinski definition) is 12. The van der Waals surface area contributed by atoms with Gasteiger partial charge in [0.1, 0.15) is 36.5 Å². The third kappa shape index (κ3) is 4.88. The SMILES string of the molecule is Nc1ncnc2c1ncn2[C@]1(C(=O)CCCC[C@@H]2SC[C@@H]3NC(=O)N[C@@H]32)O[C@H](COP(=O)(O)O)[C@@H](O)[C@H]1O. The van der Waals surface area contributed by atoms with E-state index in [9.17, 15) is 24.4 Å². The number of ketones is 1. The molecular weight excluding hydrogens is 545 g/mol. The summed E-state index contributed by atoms with van der Waals surface area (Å²) in [5.74, 6) is 0.226. The number of nitrogen functional groups attached to an aromatic ring is 1. The summed E-state index contributed by atoms with van der Waals surface area (Å²) in [6.45, 7) is -0.789. The number of carbonyl (C=O) groups is 2. The number of hydrogen-bond donors (Lipinski definition) is 7. The Morgan fingerprint density at radius 3 is 2.84 bits per heavy atom. The van der Waals surface area contributed by atoms with E-state index in [-0.39, 0.29) is 46.8 Å². The molecule has 208 valence electrons. The number of ether oxygens (including phenoxy) is 1. The highest BCUT2D eigenvalue weighted by Crippen LogP contribution is 2.43. The topological polar surface area (TPSA) is 244 Å². The van der Waals surface area contributed by atoms with Crippen molar-refractivity contribution in [3.8, 4) is 0 Å². The maximum absolute atomic E-state index is 13.7. The predicted octanol–water partition coefficient (Wildman–Crippen LogP) is -1.41. The van der Waals surface area contributed by atoms with Crippen LogP contribution in [0.1, 0.15) is 25.7 Å². The molecule has 2 aromatic rings. The summed E-state index contributed by atoms with van der Waals surface area (Å²) in [4.78, 5) is 55.6. The number of thioether (sulfide) groups is 1. The summed E-state index contributed by atoms with van der Waals surface area (Å²) in [7, 11) is -4.93.